The van der Waals surface area contributed by atoms with Gasteiger partial charge in [0.05, 0.1) is 11.7 Å². The minimum absolute atomic E-state index is 0.0224. The zero-order chi connectivity index (χ0) is 16.9. The molecule has 6 heteroatoms. The number of rotatable bonds is 6. The third-order valence-corrected chi connectivity index (χ3v) is 6.20. The number of hydrogen-bond acceptors (Lipinski definition) is 3. The number of sulfonamides is 1. The Morgan fingerprint density at radius 3 is 2.61 bits per heavy atom. The summed E-state index contributed by atoms with van der Waals surface area (Å²) in [5.74, 6) is -0.0399. The van der Waals surface area contributed by atoms with E-state index in [-0.39, 0.29) is 17.6 Å². The minimum atomic E-state index is -3.28. The number of piperidine rings is 1. The second kappa shape index (κ2) is 7.93. The van der Waals surface area contributed by atoms with Gasteiger partial charge in [0.25, 0.3) is 0 Å². The number of carbonyl (C=O) groups is 1. The molecule has 0 N–H and O–H groups in total. The van der Waals surface area contributed by atoms with E-state index >= 15 is 0 Å². The van der Waals surface area contributed by atoms with Crippen LogP contribution in [0.5, 0.6) is 0 Å². The van der Waals surface area contributed by atoms with Crippen LogP contribution in [-0.2, 0) is 21.2 Å². The fourth-order valence-electron chi connectivity index (χ4n) is 2.99. The van der Waals surface area contributed by atoms with E-state index in [1.54, 1.807) is 19.0 Å². The van der Waals surface area contributed by atoms with Crippen LogP contribution < -0.4 is 0 Å². The van der Waals surface area contributed by atoms with Gasteiger partial charge in [0.15, 0.2) is 0 Å². The fourth-order valence-corrected chi connectivity index (χ4v) is 4.58. The first-order chi connectivity index (χ1) is 10.9. The normalized spacial score (nSPS) is 19.5. The zero-order valence-corrected chi connectivity index (χ0v) is 14.8. The van der Waals surface area contributed by atoms with Gasteiger partial charge in [-0.1, -0.05) is 30.3 Å². The van der Waals surface area contributed by atoms with Crippen LogP contribution in [0.15, 0.2) is 30.3 Å². The van der Waals surface area contributed by atoms with E-state index in [1.165, 1.54) is 4.31 Å². The number of amides is 1. The maximum absolute atomic E-state index is 12.5. The molecule has 1 aliphatic heterocycles. The highest BCUT2D eigenvalue weighted by atomic mass is 32.2. The molecule has 1 amide bonds. The van der Waals surface area contributed by atoms with Gasteiger partial charge in [-0.2, -0.15) is 0 Å². The largest absolute Gasteiger partial charge is 0.349 e. The second-order valence-corrected chi connectivity index (χ2v) is 8.42. The molecule has 128 valence electrons. The van der Waals surface area contributed by atoms with E-state index in [0.717, 1.165) is 24.8 Å². The van der Waals surface area contributed by atoms with E-state index in [2.05, 4.69) is 0 Å². The molecule has 5 nitrogen and oxygen atoms in total. The summed E-state index contributed by atoms with van der Waals surface area (Å²) in [5.41, 5.74) is 1.15. The van der Waals surface area contributed by atoms with Gasteiger partial charge in [-0.05, 0) is 31.2 Å². The molecule has 0 aromatic heterocycles. The van der Waals surface area contributed by atoms with Crippen LogP contribution in [0.4, 0.5) is 0 Å². The van der Waals surface area contributed by atoms with E-state index in [1.807, 2.05) is 30.3 Å². The van der Waals surface area contributed by atoms with Crippen molar-refractivity contribution in [3.05, 3.63) is 35.9 Å². The van der Waals surface area contributed by atoms with Gasteiger partial charge in [-0.15, -0.1) is 0 Å². The van der Waals surface area contributed by atoms with Crippen LogP contribution in [0.2, 0.25) is 0 Å². The van der Waals surface area contributed by atoms with Crippen molar-refractivity contribution in [1.29, 1.82) is 0 Å². The maximum atomic E-state index is 12.5. The zero-order valence-electron chi connectivity index (χ0n) is 13.9. The van der Waals surface area contributed by atoms with Gasteiger partial charge in [-0.3, -0.25) is 4.79 Å². The predicted molar refractivity (Wildman–Crippen MR) is 91.5 cm³/mol. The highest BCUT2D eigenvalue weighted by Crippen LogP contribution is 2.21. The van der Waals surface area contributed by atoms with E-state index in [9.17, 15) is 13.2 Å². The van der Waals surface area contributed by atoms with Crippen molar-refractivity contribution >= 4 is 15.9 Å². The molecule has 1 aliphatic rings. The molecule has 0 bridgehead atoms. The summed E-state index contributed by atoms with van der Waals surface area (Å²) < 4.78 is 26.5. The van der Waals surface area contributed by atoms with Crippen LogP contribution in [0.1, 0.15) is 24.8 Å². The standard InChI is InChI=1S/C17H26N2O3S/c1-18(2)17(20)16-11-6-12-19(14-16)23(21,22)13-7-10-15-8-4-3-5-9-15/h3-5,8-9,16H,6-7,10-14H2,1-2H3. The lowest BCUT2D eigenvalue weighted by molar-refractivity contribution is -0.134. The fraction of sp³-hybridized carbons (Fsp3) is 0.588. The number of carbonyl (C=O) groups excluding carboxylic acids is 1. The Labute approximate surface area is 139 Å². The van der Waals surface area contributed by atoms with Crippen LogP contribution in [-0.4, -0.2) is 56.5 Å². The molecule has 0 radical (unpaired) electrons. The van der Waals surface area contributed by atoms with Gasteiger partial charge in [-0.25, -0.2) is 12.7 Å². The first-order valence-corrected chi connectivity index (χ1v) is 9.74. The summed E-state index contributed by atoms with van der Waals surface area (Å²) in [6.45, 7) is 0.857. The van der Waals surface area contributed by atoms with Crippen molar-refractivity contribution in [2.45, 2.75) is 25.7 Å². The molecule has 1 atom stereocenters. The highest BCUT2D eigenvalue weighted by Gasteiger charge is 2.32. The van der Waals surface area contributed by atoms with Crippen LogP contribution in [0, 0.1) is 5.92 Å². The third-order valence-electron chi connectivity index (χ3n) is 4.28. The highest BCUT2D eigenvalue weighted by molar-refractivity contribution is 7.89. The summed E-state index contributed by atoms with van der Waals surface area (Å²) >= 11 is 0. The quantitative estimate of drug-likeness (QED) is 0.794. The van der Waals surface area contributed by atoms with Crippen molar-refractivity contribution in [1.82, 2.24) is 9.21 Å². The van der Waals surface area contributed by atoms with Crippen molar-refractivity contribution in [2.75, 3.05) is 32.9 Å². The summed E-state index contributed by atoms with van der Waals surface area (Å²) in [6, 6.07) is 9.91. The van der Waals surface area contributed by atoms with Crippen LogP contribution in [0.25, 0.3) is 0 Å². The first-order valence-electron chi connectivity index (χ1n) is 8.13. The minimum Gasteiger partial charge on any atom is -0.349 e. The molecule has 23 heavy (non-hydrogen) atoms. The summed E-state index contributed by atoms with van der Waals surface area (Å²) in [7, 11) is 0.153. The van der Waals surface area contributed by atoms with Gasteiger partial charge in [0.1, 0.15) is 0 Å². The number of hydrogen-bond donors (Lipinski definition) is 0. The Balaban J connectivity index is 1.89. The molecule has 1 saturated heterocycles. The smallest absolute Gasteiger partial charge is 0.226 e. The molecule has 1 aromatic rings. The van der Waals surface area contributed by atoms with Gasteiger partial charge in [0.2, 0.25) is 15.9 Å². The molecular weight excluding hydrogens is 312 g/mol. The molecule has 1 heterocycles. The number of aryl methyl sites for hydroxylation is 1. The summed E-state index contributed by atoms with van der Waals surface area (Å²) in [6.07, 6.45) is 2.89. The predicted octanol–water partition coefficient (Wildman–Crippen LogP) is 1.75. The summed E-state index contributed by atoms with van der Waals surface area (Å²) in [4.78, 5) is 13.6. The van der Waals surface area contributed by atoms with Gasteiger partial charge >= 0.3 is 0 Å². The van der Waals surface area contributed by atoms with Crippen molar-refractivity contribution in [3.63, 3.8) is 0 Å². The Morgan fingerprint density at radius 1 is 1.26 bits per heavy atom. The second-order valence-electron chi connectivity index (χ2n) is 6.33. The molecule has 0 saturated carbocycles. The topological polar surface area (TPSA) is 57.7 Å². The summed E-state index contributed by atoms with van der Waals surface area (Å²) in [5, 5.41) is 0. The molecule has 1 fully saturated rings. The Kier molecular flexibility index (Phi) is 6.18. The van der Waals surface area contributed by atoms with Crippen molar-refractivity contribution in [3.8, 4) is 0 Å². The van der Waals surface area contributed by atoms with E-state index in [4.69, 9.17) is 0 Å². The monoisotopic (exact) mass is 338 g/mol. The van der Waals surface area contributed by atoms with E-state index in [0.29, 0.717) is 19.5 Å². The van der Waals surface area contributed by atoms with Crippen LogP contribution in [0.3, 0.4) is 0 Å². The SMILES string of the molecule is CN(C)C(=O)C1CCCN(S(=O)(=O)CCCc2ccccc2)C1. The van der Waals surface area contributed by atoms with Crippen molar-refractivity contribution in [2.24, 2.45) is 5.92 Å². The number of benzene rings is 1. The van der Waals surface area contributed by atoms with Gasteiger partial charge < -0.3 is 4.90 Å². The Bertz CT molecular complexity index is 614. The Hall–Kier alpha value is -1.40. The average molecular weight is 338 g/mol. The van der Waals surface area contributed by atoms with Crippen molar-refractivity contribution < 1.29 is 13.2 Å². The molecule has 0 aliphatic carbocycles. The van der Waals surface area contributed by atoms with Gasteiger partial charge in [0, 0.05) is 27.2 Å². The van der Waals surface area contributed by atoms with Crippen LogP contribution >= 0.6 is 0 Å². The Morgan fingerprint density at radius 2 is 1.96 bits per heavy atom. The third kappa shape index (κ3) is 5.04. The average Bonchev–Trinajstić information content (AvgIpc) is 2.55. The maximum Gasteiger partial charge on any atom is 0.226 e. The lowest BCUT2D eigenvalue weighted by Crippen LogP contribution is -2.45. The number of nitrogens with zero attached hydrogens (tertiary/aromatic N) is 2. The first kappa shape index (κ1) is 17.9. The van der Waals surface area contributed by atoms with E-state index < -0.39 is 10.0 Å². The molecule has 0 spiro atoms. The molecule has 1 aromatic carbocycles. The molecule has 1 unspecified atom stereocenters. The lowest BCUT2D eigenvalue weighted by atomic mass is 9.98. The molecule has 2 rings (SSSR count). The molecular formula is C17H26N2O3S. The lowest BCUT2D eigenvalue weighted by Gasteiger charge is -2.32.